The van der Waals surface area contributed by atoms with Crippen molar-refractivity contribution in [2.24, 2.45) is 0 Å². The van der Waals surface area contributed by atoms with Crippen LogP contribution in [0.1, 0.15) is 0 Å². The van der Waals surface area contributed by atoms with Gasteiger partial charge in [-0.3, -0.25) is 0 Å². The zero-order valence-corrected chi connectivity index (χ0v) is 13.2. The van der Waals surface area contributed by atoms with Crippen LogP contribution in [0.25, 0.3) is 28.3 Å². The van der Waals surface area contributed by atoms with Crippen LogP contribution in [0.4, 0.5) is 4.39 Å². The molecule has 0 spiro atoms. The monoisotopic (exact) mass is 338 g/mol. The number of hydrogen-bond acceptors (Lipinski definition) is 2. The van der Waals surface area contributed by atoms with Crippen molar-refractivity contribution in [3.8, 4) is 28.3 Å². The fourth-order valence-electron chi connectivity index (χ4n) is 2.54. The van der Waals surface area contributed by atoms with Crippen molar-refractivity contribution in [2.75, 3.05) is 0 Å². The smallest absolute Gasteiger partial charge is 0.141 e. The lowest BCUT2D eigenvalue weighted by Gasteiger charge is -2.03. The molecule has 4 aromatic rings. The third-order valence-corrected chi connectivity index (χ3v) is 4.02. The number of H-pyrrole nitrogens is 1. The molecule has 0 amide bonds. The molecule has 0 fully saturated rings. The van der Waals surface area contributed by atoms with E-state index < -0.39 is 0 Å². The van der Waals surface area contributed by atoms with Gasteiger partial charge in [-0.25, -0.2) is 14.1 Å². The number of rotatable bonds is 3. The van der Waals surface area contributed by atoms with E-state index in [1.54, 1.807) is 29.2 Å². The maximum atomic E-state index is 13.2. The van der Waals surface area contributed by atoms with Crippen LogP contribution in [-0.4, -0.2) is 19.7 Å². The fraction of sp³-hybridized carbons (Fsp3) is 0. The minimum absolute atomic E-state index is 0.288. The van der Waals surface area contributed by atoms with Gasteiger partial charge >= 0.3 is 0 Å². The van der Waals surface area contributed by atoms with E-state index in [0.717, 1.165) is 16.8 Å². The molecule has 0 unspecified atom stereocenters. The van der Waals surface area contributed by atoms with Crippen LogP contribution < -0.4 is 0 Å². The fourth-order valence-corrected chi connectivity index (χ4v) is 2.76. The second-order valence-electron chi connectivity index (χ2n) is 5.23. The number of nitrogens with zero attached hydrogens (tertiary/aromatic N) is 3. The van der Waals surface area contributed by atoms with E-state index in [9.17, 15) is 4.39 Å². The van der Waals surface area contributed by atoms with Gasteiger partial charge in [0.15, 0.2) is 0 Å². The predicted molar refractivity (Wildman–Crippen MR) is 91.5 cm³/mol. The Morgan fingerprint density at radius 1 is 1.00 bits per heavy atom. The van der Waals surface area contributed by atoms with Gasteiger partial charge in [-0.15, -0.1) is 0 Å². The molecular weight excluding hydrogens is 327 g/mol. The number of aromatic amines is 1. The van der Waals surface area contributed by atoms with Gasteiger partial charge in [-0.1, -0.05) is 29.8 Å². The minimum atomic E-state index is -0.288. The van der Waals surface area contributed by atoms with Crippen molar-refractivity contribution in [2.45, 2.75) is 0 Å². The summed E-state index contributed by atoms with van der Waals surface area (Å²) < 4.78 is 14.9. The van der Waals surface area contributed by atoms with Crippen LogP contribution in [0.3, 0.4) is 0 Å². The zero-order chi connectivity index (χ0) is 16.5. The topological polar surface area (TPSA) is 46.5 Å². The van der Waals surface area contributed by atoms with Crippen molar-refractivity contribution >= 4 is 11.6 Å². The molecule has 4 nitrogen and oxygen atoms in total. The van der Waals surface area contributed by atoms with Crippen LogP contribution in [0, 0.1) is 5.82 Å². The molecule has 0 saturated carbocycles. The van der Waals surface area contributed by atoms with Gasteiger partial charge in [0, 0.05) is 24.2 Å². The maximum Gasteiger partial charge on any atom is 0.141 e. The molecule has 0 saturated heterocycles. The molecule has 6 heteroatoms. The number of aromatic nitrogens is 4. The number of halogens is 2. The minimum Gasteiger partial charge on any atom is -0.345 e. The highest BCUT2D eigenvalue weighted by Crippen LogP contribution is 2.34. The quantitative estimate of drug-likeness (QED) is 0.587. The van der Waals surface area contributed by atoms with Crippen molar-refractivity contribution < 1.29 is 4.39 Å². The summed E-state index contributed by atoms with van der Waals surface area (Å²) in [7, 11) is 0. The summed E-state index contributed by atoms with van der Waals surface area (Å²) in [5.41, 5.74) is 3.09. The van der Waals surface area contributed by atoms with E-state index in [0.29, 0.717) is 16.5 Å². The number of nitrogens with one attached hydrogen (secondary N) is 1. The Morgan fingerprint density at radius 3 is 2.50 bits per heavy atom. The van der Waals surface area contributed by atoms with Gasteiger partial charge in [-0.05, 0) is 30.3 Å². The molecule has 0 atom stereocenters. The average Bonchev–Trinajstić information content (AvgIpc) is 3.25. The van der Waals surface area contributed by atoms with Crippen LogP contribution in [0.2, 0.25) is 5.02 Å². The molecule has 0 bridgehead atoms. The number of benzene rings is 2. The van der Waals surface area contributed by atoms with Gasteiger partial charge in [0.2, 0.25) is 0 Å². The van der Waals surface area contributed by atoms with E-state index in [1.165, 1.54) is 12.1 Å². The average molecular weight is 339 g/mol. The SMILES string of the molecule is Fc1ccc(-n2cc(-c3ncc[nH]3)c(-c3ccccc3Cl)n2)cc1. The summed E-state index contributed by atoms with van der Waals surface area (Å²) in [5, 5.41) is 5.25. The standard InChI is InChI=1S/C18H12ClFN4/c19-16-4-2-1-3-14(16)17-15(18-21-9-10-22-18)11-24(23-17)13-7-5-12(20)6-8-13/h1-11H,(H,21,22). The molecule has 24 heavy (non-hydrogen) atoms. The normalized spacial score (nSPS) is 10.9. The lowest BCUT2D eigenvalue weighted by molar-refractivity contribution is 0.627. The Balaban J connectivity index is 1.92. The predicted octanol–water partition coefficient (Wildman–Crippen LogP) is 4.72. The van der Waals surface area contributed by atoms with E-state index in [1.807, 2.05) is 30.5 Å². The van der Waals surface area contributed by atoms with Crippen LogP contribution in [-0.2, 0) is 0 Å². The Bertz CT molecular complexity index is 975. The molecule has 0 aliphatic rings. The molecule has 0 aliphatic carbocycles. The highest BCUT2D eigenvalue weighted by molar-refractivity contribution is 6.33. The first kappa shape index (κ1) is 14.7. The molecule has 2 aromatic heterocycles. The summed E-state index contributed by atoms with van der Waals surface area (Å²) >= 11 is 6.34. The summed E-state index contributed by atoms with van der Waals surface area (Å²) in [5.74, 6) is 0.404. The molecule has 4 rings (SSSR count). The van der Waals surface area contributed by atoms with Gasteiger partial charge in [-0.2, -0.15) is 5.10 Å². The first-order chi connectivity index (χ1) is 11.7. The Hall–Kier alpha value is -2.92. The second kappa shape index (κ2) is 5.94. The van der Waals surface area contributed by atoms with Crippen molar-refractivity contribution in [1.82, 2.24) is 19.7 Å². The first-order valence-corrected chi connectivity index (χ1v) is 7.70. The van der Waals surface area contributed by atoms with Crippen LogP contribution >= 0.6 is 11.6 Å². The van der Waals surface area contributed by atoms with Crippen molar-refractivity contribution in [3.05, 3.63) is 78.0 Å². The second-order valence-corrected chi connectivity index (χ2v) is 5.64. The summed E-state index contributed by atoms with van der Waals surface area (Å²) in [4.78, 5) is 7.40. The lowest BCUT2D eigenvalue weighted by atomic mass is 10.1. The van der Waals surface area contributed by atoms with Crippen molar-refractivity contribution in [3.63, 3.8) is 0 Å². The van der Waals surface area contributed by atoms with E-state index in [4.69, 9.17) is 11.6 Å². The largest absolute Gasteiger partial charge is 0.345 e. The van der Waals surface area contributed by atoms with Crippen LogP contribution in [0.15, 0.2) is 67.1 Å². The third-order valence-electron chi connectivity index (χ3n) is 3.69. The lowest BCUT2D eigenvalue weighted by Crippen LogP contribution is -1.94. The van der Waals surface area contributed by atoms with Crippen molar-refractivity contribution in [1.29, 1.82) is 0 Å². The van der Waals surface area contributed by atoms with Gasteiger partial charge < -0.3 is 4.98 Å². The molecule has 1 N–H and O–H groups in total. The van der Waals surface area contributed by atoms with E-state index >= 15 is 0 Å². The van der Waals surface area contributed by atoms with E-state index in [-0.39, 0.29) is 5.82 Å². The molecule has 2 heterocycles. The highest BCUT2D eigenvalue weighted by Gasteiger charge is 2.17. The zero-order valence-electron chi connectivity index (χ0n) is 12.4. The first-order valence-electron chi connectivity index (χ1n) is 7.32. The number of imidazole rings is 1. The molecule has 0 aliphatic heterocycles. The van der Waals surface area contributed by atoms with Gasteiger partial charge in [0.05, 0.1) is 16.3 Å². The van der Waals surface area contributed by atoms with Gasteiger partial charge in [0.25, 0.3) is 0 Å². The van der Waals surface area contributed by atoms with Crippen LogP contribution in [0.5, 0.6) is 0 Å². The highest BCUT2D eigenvalue weighted by atomic mass is 35.5. The molecule has 0 radical (unpaired) electrons. The molecular formula is C18H12ClFN4. The third kappa shape index (κ3) is 2.59. The Labute approximate surface area is 142 Å². The maximum absolute atomic E-state index is 13.2. The Morgan fingerprint density at radius 2 is 1.79 bits per heavy atom. The molecule has 2 aromatic carbocycles. The van der Waals surface area contributed by atoms with E-state index in [2.05, 4.69) is 15.1 Å². The summed E-state index contributed by atoms with van der Waals surface area (Å²) in [6, 6.07) is 13.7. The summed E-state index contributed by atoms with van der Waals surface area (Å²) in [6.07, 6.45) is 5.28. The molecule has 118 valence electrons. The Kier molecular flexibility index (Phi) is 3.63. The number of hydrogen-bond donors (Lipinski definition) is 1. The summed E-state index contributed by atoms with van der Waals surface area (Å²) in [6.45, 7) is 0. The van der Waals surface area contributed by atoms with Gasteiger partial charge in [0.1, 0.15) is 17.3 Å².